The Balaban J connectivity index is 1.94. The number of ether oxygens (including phenoxy) is 2. The number of nitrogens with one attached hydrogen (secondary N) is 4. The molecule has 78 heavy (non-hydrogen) atoms. The molecular weight excluding hydrogens is 1000 g/mol. The van der Waals surface area contributed by atoms with E-state index in [0.717, 1.165) is 18.9 Å². The molecule has 2 saturated carbocycles. The molecule has 1 aromatic heterocycles. The van der Waals surface area contributed by atoms with Gasteiger partial charge in [0, 0.05) is 45.9 Å². The van der Waals surface area contributed by atoms with Crippen molar-refractivity contribution in [3.05, 3.63) is 46.3 Å². The van der Waals surface area contributed by atoms with Crippen LogP contribution in [0.2, 0.25) is 0 Å². The first-order valence-electron chi connectivity index (χ1n) is 28.5. The van der Waals surface area contributed by atoms with Gasteiger partial charge in [0.1, 0.15) is 41.0 Å². The maximum atomic E-state index is 15.5. The average Bonchev–Trinajstić information content (AvgIpc) is 3.82. The Morgan fingerprint density at radius 2 is 1.14 bits per heavy atom. The van der Waals surface area contributed by atoms with E-state index in [1.165, 1.54) is 11.8 Å². The Kier molecular flexibility index (Phi) is 20.8. The SMILES string of the molecule is C=CC(=O)NC(CSCC1CC(C(C)(C)C)C(OC(=O)C2=C(C(C)C)C(=Cc3[nH]c(NC(=O)C(C)(C)C)c(C(=O)OC4C(C(C)(C)C)CC(C)CC4C(C)(C)C)c3C(C)C)N=C2NC(=O)C(C)(C)C)C(C(C)(C)C)C1)C(=O)O. The second kappa shape index (κ2) is 24.6. The molecule has 5 N–H and O–H groups in total. The average molecular weight is 1100 g/mol. The van der Waals surface area contributed by atoms with Gasteiger partial charge in [-0.3, -0.25) is 14.4 Å². The third kappa shape index (κ3) is 16.3. The molecule has 3 amide bonds. The smallest absolute Gasteiger partial charge is 0.342 e. The number of carbonyl (C=O) groups is 6. The molecule has 5 unspecified atom stereocenters. The van der Waals surface area contributed by atoms with E-state index in [1.54, 1.807) is 20.8 Å². The van der Waals surface area contributed by atoms with Gasteiger partial charge in [-0.1, -0.05) is 166 Å². The quantitative estimate of drug-likeness (QED) is 0.0830. The van der Waals surface area contributed by atoms with Gasteiger partial charge in [0.05, 0.1) is 5.70 Å². The number of carboxylic acid groups (broad SMARTS) is 1. The van der Waals surface area contributed by atoms with Crippen molar-refractivity contribution >= 4 is 65.1 Å². The zero-order chi connectivity index (χ0) is 59.7. The fraction of sp³-hybridized carbons (Fsp3) is 0.730. The van der Waals surface area contributed by atoms with E-state index in [2.05, 4.69) is 118 Å². The number of amides is 3. The molecule has 14 nitrogen and oxygen atoms in total. The third-order valence-corrected chi connectivity index (χ3v) is 17.5. The van der Waals surface area contributed by atoms with E-state index in [1.807, 2.05) is 54.5 Å². The lowest BCUT2D eigenvalue weighted by atomic mass is 9.59. The highest BCUT2D eigenvalue weighted by Gasteiger charge is 2.51. The maximum absolute atomic E-state index is 15.5. The maximum Gasteiger partial charge on any atom is 0.342 e. The van der Waals surface area contributed by atoms with Crippen molar-refractivity contribution in [2.45, 2.75) is 209 Å². The number of hydrogen-bond acceptors (Lipinski definition) is 10. The number of carboxylic acids is 1. The van der Waals surface area contributed by atoms with Crippen molar-refractivity contribution in [3.8, 4) is 0 Å². The van der Waals surface area contributed by atoms with Crippen molar-refractivity contribution in [2.24, 2.45) is 78.9 Å². The number of aliphatic imine (C=N–C) groups is 1. The van der Waals surface area contributed by atoms with Crippen LogP contribution in [-0.4, -0.2) is 81.3 Å². The van der Waals surface area contributed by atoms with Crippen LogP contribution < -0.4 is 16.0 Å². The van der Waals surface area contributed by atoms with Crippen LogP contribution in [0.3, 0.4) is 0 Å². The lowest BCUT2D eigenvalue weighted by Gasteiger charge is -2.50. The van der Waals surface area contributed by atoms with E-state index in [9.17, 15) is 24.3 Å². The Morgan fingerprint density at radius 3 is 1.55 bits per heavy atom. The van der Waals surface area contributed by atoms with Crippen LogP contribution in [0.15, 0.2) is 34.5 Å². The molecule has 2 fully saturated rings. The van der Waals surface area contributed by atoms with Gasteiger partial charge in [-0.25, -0.2) is 19.4 Å². The minimum Gasteiger partial charge on any atom is -0.480 e. The summed E-state index contributed by atoms with van der Waals surface area (Å²) < 4.78 is 13.8. The number of amidine groups is 1. The van der Waals surface area contributed by atoms with Gasteiger partial charge in [-0.15, -0.1) is 0 Å². The summed E-state index contributed by atoms with van der Waals surface area (Å²) >= 11 is 1.49. The molecule has 0 saturated heterocycles. The minimum absolute atomic E-state index is 0.0719. The van der Waals surface area contributed by atoms with Crippen LogP contribution in [-0.2, 0) is 33.4 Å². The molecule has 438 valence electrons. The number of allylic oxidation sites excluding steroid dienone is 1. The number of hydrogen-bond donors (Lipinski definition) is 5. The Hall–Kier alpha value is -4.66. The molecule has 0 spiro atoms. The number of esters is 2. The standard InChI is InChI=1S/C63H101N5O9S/c1-25-44(69)64-43(53(70)71)32-78-31-36-28-39(60(13,14)15)50(40(29-36)61(16,17)18)77-55(73)48-46(34(4)5)42(66-52(48)68-57(75)63(22,23)24)30-41-45(33(2)3)47(51(65-41)67-56(74)62(19,20)21)54(72)76-49-37(58(7,8)9)26-35(6)27-38(49)59(10,11)12/h25,30,33-40,43,49-50,65H,1,26-29,31-32H2,2-24H3,(H,64,69)(H,67,74)(H,70,71)(H,66,68,75). The van der Waals surface area contributed by atoms with Crippen LogP contribution in [0.5, 0.6) is 0 Å². The summed E-state index contributed by atoms with van der Waals surface area (Å²) in [6, 6.07) is -1.07. The summed E-state index contributed by atoms with van der Waals surface area (Å²) in [5.74, 6) is -2.40. The first-order valence-corrected chi connectivity index (χ1v) is 29.6. The van der Waals surface area contributed by atoms with Crippen LogP contribution in [0, 0.1) is 73.9 Å². The number of rotatable bonds is 15. The van der Waals surface area contributed by atoms with Gasteiger partial charge in [0.15, 0.2) is 0 Å². The van der Waals surface area contributed by atoms with Crippen LogP contribution in [0.4, 0.5) is 5.82 Å². The first kappa shape index (κ1) is 65.9. The predicted octanol–water partition coefficient (Wildman–Crippen LogP) is 13.4. The molecule has 2 aliphatic carbocycles. The number of carbonyl (C=O) groups excluding carboxylic acids is 5. The lowest BCUT2D eigenvalue weighted by molar-refractivity contribution is -0.164. The summed E-state index contributed by atoms with van der Waals surface area (Å²) in [6.07, 6.45) is 5.17. The van der Waals surface area contributed by atoms with Crippen molar-refractivity contribution in [3.63, 3.8) is 0 Å². The lowest BCUT2D eigenvalue weighted by Crippen LogP contribution is -2.51. The summed E-state index contributed by atoms with van der Waals surface area (Å²) in [5.41, 5.74) is -0.209. The predicted molar refractivity (Wildman–Crippen MR) is 317 cm³/mol. The summed E-state index contributed by atoms with van der Waals surface area (Å²) in [7, 11) is 0. The highest BCUT2D eigenvalue weighted by atomic mass is 32.2. The van der Waals surface area contributed by atoms with Crippen LogP contribution in [0.25, 0.3) is 6.08 Å². The number of aromatic nitrogens is 1. The first-order chi connectivity index (χ1) is 35.4. The summed E-state index contributed by atoms with van der Waals surface area (Å²) in [6.45, 7) is 50.7. The number of thioether (sulfide) groups is 1. The summed E-state index contributed by atoms with van der Waals surface area (Å²) in [4.78, 5) is 91.4. The normalized spacial score (nSPS) is 24.7. The van der Waals surface area contributed by atoms with Crippen LogP contribution >= 0.6 is 11.8 Å². The number of aromatic amines is 1. The van der Waals surface area contributed by atoms with E-state index in [-0.39, 0.29) is 103 Å². The molecule has 3 aliphatic rings. The highest BCUT2D eigenvalue weighted by Crippen LogP contribution is 2.53. The molecule has 0 radical (unpaired) electrons. The second-order valence-corrected chi connectivity index (χ2v) is 31.0. The molecule has 0 aromatic carbocycles. The number of nitrogens with zero attached hydrogens (tertiary/aromatic N) is 1. The fourth-order valence-electron chi connectivity index (χ4n) is 11.6. The monoisotopic (exact) mass is 1100 g/mol. The van der Waals surface area contributed by atoms with E-state index in [4.69, 9.17) is 14.5 Å². The Morgan fingerprint density at radius 1 is 0.692 bits per heavy atom. The van der Waals surface area contributed by atoms with Crippen LogP contribution in [0.1, 0.15) is 212 Å². The summed E-state index contributed by atoms with van der Waals surface area (Å²) in [5, 5.41) is 18.5. The zero-order valence-electron chi connectivity index (χ0n) is 52.0. The Bertz CT molecular complexity index is 2460. The van der Waals surface area contributed by atoms with E-state index < -0.39 is 52.9 Å². The molecule has 1 aromatic rings. The number of aliphatic carboxylic acids is 1. The molecule has 4 rings (SSSR count). The van der Waals surface area contributed by atoms with Crippen molar-refractivity contribution in [2.75, 3.05) is 16.8 Å². The van der Waals surface area contributed by atoms with Crippen molar-refractivity contribution < 1.29 is 43.3 Å². The zero-order valence-corrected chi connectivity index (χ0v) is 52.8. The number of H-pyrrole nitrogens is 1. The molecule has 0 bridgehead atoms. The third-order valence-electron chi connectivity index (χ3n) is 16.2. The molecular formula is C63H101N5O9S. The van der Waals surface area contributed by atoms with Crippen molar-refractivity contribution in [1.82, 2.24) is 15.6 Å². The second-order valence-electron chi connectivity index (χ2n) is 29.9. The molecule has 2 heterocycles. The fourth-order valence-corrected chi connectivity index (χ4v) is 12.8. The van der Waals surface area contributed by atoms with Gasteiger partial charge < -0.3 is 35.5 Å². The largest absolute Gasteiger partial charge is 0.480 e. The highest BCUT2D eigenvalue weighted by molar-refractivity contribution is 7.99. The Labute approximate surface area is 473 Å². The van der Waals surface area contributed by atoms with E-state index in [0.29, 0.717) is 47.0 Å². The van der Waals surface area contributed by atoms with E-state index >= 15 is 9.59 Å². The molecule has 5 atom stereocenters. The van der Waals surface area contributed by atoms with Crippen molar-refractivity contribution in [1.29, 1.82) is 0 Å². The molecule has 15 heteroatoms. The van der Waals surface area contributed by atoms with Gasteiger partial charge >= 0.3 is 17.9 Å². The topological polar surface area (TPSA) is 205 Å². The van der Waals surface area contributed by atoms with Gasteiger partial charge in [0.25, 0.3) is 0 Å². The number of anilines is 1. The van der Waals surface area contributed by atoms with Gasteiger partial charge in [0.2, 0.25) is 17.7 Å². The van der Waals surface area contributed by atoms with Gasteiger partial charge in [-0.05, 0) is 100 Å². The molecule has 1 aliphatic heterocycles. The minimum atomic E-state index is -1.12. The van der Waals surface area contributed by atoms with Gasteiger partial charge in [-0.2, -0.15) is 11.8 Å².